The standard InChI is InChI=1S/C15H19BrN2O3/c1-20-11-5-4-8(7-10(11)16)15(19)18-13-12(17)9-3-2-6-21-14(9)13/h4-5,7,9,12-14H,2-3,6,17H2,1H3,(H,18,19). The lowest BCUT2D eigenvalue weighted by Crippen LogP contribution is -2.72. The number of benzene rings is 1. The number of rotatable bonds is 3. The Morgan fingerprint density at radius 3 is 3.05 bits per heavy atom. The summed E-state index contributed by atoms with van der Waals surface area (Å²) < 4.78 is 11.6. The van der Waals surface area contributed by atoms with E-state index in [2.05, 4.69) is 21.2 Å². The third-order valence-electron chi connectivity index (χ3n) is 4.39. The molecule has 0 spiro atoms. The molecule has 6 heteroatoms. The molecule has 4 atom stereocenters. The highest BCUT2D eigenvalue weighted by Gasteiger charge is 2.51. The Hall–Kier alpha value is -1.11. The molecule has 1 aliphatic carbocycles. The molecule has 0 radical (unpaired) electrons. The first-order chi connectivity index (χ1) is 10.1. The largest absolute Gasteiger partial charge is 0.496 e. The summed E-state index contributed by atoms with van der Waals surface area (Å²) in [6, 6.07) is 5.14. The fourth-order valence-electron chi connectivity index (χ4n) is 3.17. The van der Waals surface area contributed by atoms with Crippen molar-refractivity contribution < 1.29 is 14.3 Å². The maximum atomic E-state index is 12.3. The van der Waals surface area contributed by atoms with E-state index in [0.717, 1.165) is 23.9 Å². The molecule has 3 N–H and O–H groups in total. The normalized spacial score (nSPS) is 31.0. The van der Waals surface area contributed by atoms with Crippen molar-refractivity contribution >= 4 is 21.8 Å². The van der Waals surface area contributed by atoms with Crippen molar-refractivity contribution in [2.45, 2.75) is 31.0 Å². The van der Waals surface area contributed by atoms with Gasteiger partial charge >= 0.3 is 0 Å². The van der Waals surface area contributed by atoms with Crippen LogP contribution >= 0.6 is 15.9 Å². The molecule has 1 heterocycles. The van der Waals surface area contributed by atoms with Crippen LogP contribution in [0, 0.1) is 5.92 Å². The van der Waals surface area contributed by atoms with Gasteiger partial charge in [0, 0.05) is 24.1 Å². The molecule has 21 heavy (non-hydrogen) atoms. The Bertz CT molecular complexity index is 552. The van der Waals surface area contributed by atoms with Gasteiger partial charge < -0.3 is 20.5 Å². The minimum Gasteiger partial charge on any atom is -0.496 e. The van der Waals surface area contributed by atoms with E-state index < -0.39 is 0 Å². The van der Waals surface area contributed by atoms with Crippen LogP contribution in [-0.2, 0) is 4.74 Å². The summed E-state index contributed by atoms with van der Waals surface area (Å²) in [5.41, 5.74) is 6.73. The Morgan fingerprint density at radius 1 is 1.52 bits per heavy atom. The van der Waals surface area contributed by atoms with Crippen molar-refractivity contribution in [3.8, 4) is 5.75 Å². The molecule has 1 aromatic carbocycles. The van der Waals surface area contributed by atoms with E-state index in [4.69, 9.17) is 15.2 Å². The van der Waals surface area contributed by atoms with E-state index in [0.29, 0.717) is 17.2 Å². The van der Waals surface area contributed by atoms with Crippen LogP contribution < -0.4 is 15.8 Å². The van der Waals surface area contributed by atoms with Crippen LogP contribution in [-0.4, -0.2) is 37.8 Å². The van der Waals surface area contributed by atoms with Gasteiger partial charge in [-0.2, -0.15) is 0 Å². The molecule has 5 nitrogen and oxygen atoms in total. The van der Waals surface area contributed by atoms with Gasteiger partial charge in [-0.1, -0.05) is 0 Å². The lowest BCUT2D eigenvalue weighted by Gasteiger charge is -2.52. The van der Waals surface area contributed by atoms with E-state index in [1.165, 1.54) is 0 Å². The number of halogens is 1. The Kier molecular flexibility index (Phi) is 4.19. The Balaban J connectivity index is 1.68. The van der Waals surface area contributed by atoms with Crippen LogP contribution in [0.3, 0.4) is 0 Å². The van der Waals surface area contributed by atoms with Gasteiger partial charge in [-0.05, 0) is 47.0 Å². The van der Waals surface area contributed by atoms with E-state index in [1.807, 2.05) is 0 Å². The van der Waals surface area contributed by atoms with Crippen LogP contribution in [0.1, 0.15) is 23.2 Å². The van der Waals surface area contributed by atoms with E-state index in [-0.39, 0.29) is 24.1 Å². The monoisotopic (exact) mass is 354 g/mol. The van der Waals surface area contributed by atoms with Gasteiger partial charge in [0.2, 0.25) is 0 Å². The summed E-state index contributed by atoms with van der Waals surface area (Å²) in [7, 11) is 1.59. The number of hydrogen-bond acceptors (Lipinski definition) is 4. The second-order valence-corrected chi connectivity index (χ2v) is 6.42. The summed E-state index contributed by atoms with van der Waals surface area (Å²) in [5.74, 6) is 0.945. The Labute approximate surface area is 132 Å². The first-order valence-corrected chi connectivity index (χ1v) is 7.92. The second-order valence-electron chi connectivity index (χ2n) is 5.57. The molecular weight excluding hydrogens is 336 g/mol. The Morgan fingerprint density at radius 2 is 2.33 bits per heavy atom. The summed E-state index contributed by atoms with van der Waals surface area (Å²) in [6.45, 7) is 0.758. The van der Waals surface area contributed by atoms with Gasteiger partial charge in [-0.3, -0.25) is 4.79 Å². The minimum atomic E-state index is -0.133. The van der Waals surface area contributed by atoms with Gasteiger partial charge in [0.05, 0.1) is 23.7 Å². The number of methoxy groups -OCH3 is 1. The summed E-state index contributed by atoms with van der Waals surface area (Å²) in [5, 5.41) is 3.00. The molecule has 2 fully saturated rings. The van der Waals surface area contributed by atoms with Crippen LogP contribution in [0.15, 0.2) is 22.7 Å². The minimum absolute atomic E-state index is 0.0130. The van der Waals surface area contributed by atoms with Gasteiger partial charge in [-0.25, -0.2) is 0 Å². The molecule has 1 amide bonds. The molecule has 1 aliphatic heterocycles. The molecule has 1 saturated heterocycles. The lowest BCUT2D eigenvalue weighted by atomic mass is 9.68. The van der Waals surface area contributed by atoms with Gasteiger partial charge in [0.15, 0.2) is 0 Å². The molecule has 0 bridgehead atoms. The zero-order valence-corrected chi connectivity index (χ0v) is 13.4. The van der Waals surface area contributed by atoms with Gasteiger partial charge in [0.25, 0.3) is 5.91 Å². The number of nitrogens with two attached hydrogens (primary N) is 1. The number of hydrogen-bond donors (Lipinski definition) is 2. The average molecular weight is 355 g/mol. The highest BCUT2D eigenvalue weighted by Crippen LogP contribution is 2.37. The number of nitrogens with one attached hydrogen (secondary N) is 1. The third kappa shape index (κ3) is 2.67. The molecular formula is C15H19BrN2O3. The smallest absolute Gasteiger partial charge is 0.251 e. The number of fused-ring (bicyclic) bond motifs is 1. The van der Waals surface area contributed by atoms with Crippen molar-refractivity contribution in [2.75, 3.05) is 13.7 Å². The number of ether oxygens (including phenoxy) is 2. The predicted molar refractivity (Wildman–Crippen MR) is 82.4 cm³/mol. The van der Waals surface area contributed by atoms with Crippen LogP contribution in [0.4, 0.5) is 0 Å². The quantitative estimate of drug-likeness (QED) is 0.866. The van der Waals surface area contributed by atoms with Crippen LogP contribution in [0.25, 0.3) is 0 Å². The second kappa shape index (κ2) is 5.94. The lowest BCUT2D eigenvalue weighted by molar-refractivity contribution is -0.117. The van der Waals surface area contributed by atoms with E-state index >= 15 is 0 Å². The predicted octanol–water partition coefficient (Wildman–Crippen LogP) is 1.69. The topological polar surface area (TPSA) is 73.6 Å². The summed E-state index contributed by atoms with van der Waals surface area (Å²) >= 11 is 3.39. The summed E-state index contributed by atoms with van der Waals surface area (Å²) in [6.07, 6.45) is 2.21. The molecule has 114 valence electrons. The molecule has 2 aliphatic rings. The highest BCUT2D eigenvalue weighted by molar-refractivity contribution is 9.10. The highest BCUT2D eigenvalue weighted by atomic mass is 79.9. The summed E-state index contributed by atoms with van der Waals surface area (Å²) in [4.78, 5) is 12.3. The fourth-order valence-corrected chi connectivity index (χ4v) is 3.71. The first kappa shape index (κ1) is 14.8. The average Bonchev–Trinajstić information content (AvgIpc) is 2.51. The fraction of sp³-hybridized carbons (Fsp3) is 0.533. The first-order valence-electron chi connectivity index (χ1n) is 7.13. The molecule has 0 aromatic heterocycles. The maximum absolute atomic E-state index is 12.3. The number of amides is 1. The van der Waals surface area contributed by atoms with Crippen molar-refractivity contribution in [1.82, 2.24) is 5.32 Å². The SMILES string of the molecule is COc1ccc(C(=O)NC2C(N)C3CCCOC32)cc1Br. The van der Waals surface area contributed by atoms with Gasteiger partial charge in [-0.15, -0.1) is 0 Å². The van der Waals surface area contributed by atoms with Crippen molar-refractivity contribution in [3.63, 3.8) is 0 Å². The molecule has 3 rings (SSSR count). The van der Waals surface area contributed by atoms with Crippen LogP contribution in [0.2, 0.25) is 0 Å². The molecule has 1 aromatic rings. The van der Waals surface area contributed by atoms with Crippen LogP contribution in [0.5, 0.6) is 5.75 Å². The van der Waals surface area contributed by atoms with E-state index in [9.17, 15) is 4.79 Å². The van der Waals surface area contributed by atoms with Gasteiger partial charge in [0.1, 0.15) is 5.75 Å². The molecule has 4 unspecified atom stereocenters. The van der Waals surface area contributed by atoms with Crippen molar-refractivity contribution in [1.29, 1.82) is 0 Å². The third-order valence-corrected chi connectivity index (χ3v) is 5.01. The van der Waals surface area contributed by atoms with E-state index in [1.54, 1.807) is 25.3 Å². The maximum Gasteiger partial charge on any atom is 0.251 e. The number of carbonyl (C=O) groups excluding carboxylic acids is 1. The van der Waals surface area contributed by atoms with Crippen molar-refractivity contribution in [2.24, 2.45) is 11.7 Å². The zero-order chi connectivity index (χ0) is 15.0. The van der Waals surface area contributed by atoms with Crippen molar-refractivity contribution in [3.05, 3.63) is 28.2 Å². The molecule has 1 saturated carbocycles. The number of carbonyl (C=O) groups is 1. The zero-order valence-electron chi connectivity index (χ0n) is 11.8.